The van der Waals surface area contributed by atoms with E-state index in [0.717, 1.165) is 18.9 Å². The smallest absolute Gasteiger partial charge is 0.402 e. The quantitative estimate of drug-likeness (QED) is 0.731. The summed E-state index contributed by atoms with van der Waals surface area (Å²) in [6, 6.07) is 1.14. The van der Waals surface area contributed by atoms with Crippen LogP contribution in [0.1, 0.15) is 31.2 Å². The van der Waals surface area contributed by atoms with Crippen LogP contribution in [0.2, 0.25) is 0 Å². The maximum atomic E-state index is 12.5. The van der Waals surface area contributed by atoms with E-state index in [0.29, 0.717) is 30.0 Å². The lowest BCUT2D eigenvalue weighted by atomic mass is 10.2. The average molecular weight is 368 g/mol. The monoisotopic (exact) mass is 368 g/mol. The van der Waals surface area contributed by atoms with Gasteiger partial charge in [-0.3, -0.25) is 0 Å². The summed E-state index contributed by atoms with van der Waals surface area (Å²) in [5.41, 5.74) is 6.17. The Balaban J connectivity index is 1.95. The second-order valence-electron chi connectivity index (χ2n) is 6.19. The number of imidazole rings is 1. The molecule has 9 heteroatoms. The number of alkyl halides is 3. The first kappa shape index (κ1) is 18.2. The standard InChI is InChI=1S/C17H19F3N4O2/c1-2-3-6-24-9-12(23-16(24)14(25)10-4-5-10)11-7-13(15(21)22-8-11)26-17(18,19)20/h2,7-10,14,25H,1,3-6H2,(H2,21,22). The number of anilines is 1. The van der Waals surface area contributed by atoms with Crippen LogP contribution in [-0.2, 0) is 6.54 Å². The van der Waals surface area contributed by atoms with Crippen LogP contribution in [0, 0.1) is 5.92 Å². The third kappa shape index (κ3) is 4.16. The minimum Gasteiger partial charge on any atom is -0.402 e. The van der Waals surface area contributed by atoms with Gasteiger partial charge in [-0.05, 0) is 31.2 Å². The van der Waals surface area contributed by atoms with Crippen molar-refractivity contribution < 1.29 is 23.0 Å². The molecule has 1 saturated carbocycles. The SMILES string of the molecule is C=CCCn1cc(-c2cnc(N)c(OC(F)(F)F)c2)nc1C(O)C1CC1. The van der Waals surface area contributed by atoms with Crippen molar-refractivity contribution >= 4 is 5.82 Å². The number of rotatable bonds is 7. The summed E-state index contributed by atoms with van der Waals surface area (Å²) in [6.07, 6.45) is 1.69. The van der Waals surface area contributed by atoms with E-state index in [2.05, 4.69) is 21.3 Å². The Kier molecular flexibility index (Phi) is 4.90. The highest BCUT2D eigenvalue weighted by Crippen LogP contribution is 2.41. The zero-order valence-electron chi connectivity index (χ0n) is 13.9. The topological polar surface area (TPSA) is 86.2 Å². The molecule has 6 nitrogen and oxygen atoms in total. The zero-order valence-corrected chi connectivity index (χ0v) is 13.9. The molecule has 0 aliphatic heterocycles. The molecule has 0 amide bonds. The fourth-order valence-corrected chi connectivity index (χ4v) is 2.64. The van der Waals surface area contributed by atoms with Crippen molar-refractivity contribution in [2.75, 3.05) is 5.73 Å². The summed E-state index contributed by atoms with van der Waals surface area (Å²) in [5.74, 6) is -0.295. The van der Waals surface area contributed by atoms with Gasteiger partial charge in [0.25, 0.3) is 0 Å². The highest BCUT2D eigenvalue weighted by molar-refractivity contribution is 5.63. The predicted molar refractivity (Wildman–Crippen MR) is 89.1 cm³/mol. The molecule has 1 atom stereocenters. The number of aliphatic hydroxyl groups excluding tert-OH is 1. The molecule has 26 heavy (non-hydrogen) atoms. The van der Waals surface area contributed by atoms with Gasteiger partial charge in [0, 0.05) is 24.5 Å². The molecule has 140 valence electrons. The largest absolute Gasteiger partial charge is 0.573 e. The normalized spacial score (nSPS) is 15.7. The van der Waals surface area contributed by atoms with Crippen molar-refractivity contribution in [3.05, 3.63) is 36.9 Å². The molecule has 2 heterocycles. The number of ether oxygens (including phenoxy) is 1. The Labute approximate surface area is 148 Å². The van der Waals surface area contributed by atoms with Crippen molar-refractivity contribution in [1.82, 2.24) is 14.5 Å². The van der Waals surface area contributed by atoms with Crippen molar-refractivity contribution in [3.63, 3.8) is 0 Å². The van der Waals surface area contributed by atoms with Crippen molar-refractivity contribution in [2.45, 2.75) is 38.3 Å². The number of aromatic nitrogens is 3. The van der Waals surface area contributed by atoms with Crippen LogP contribution in [0.25, 0.3) is 11.3 Å². The van der Waals surface area contributed by atoms with Gasteiger partial charge in [-0.2, -0.15) is 0 Å². The number of halogens is 3. The lowest BCUT2D eigenvalue weighted by Crippen LogP contribution is -2.18. The second-order valence-corrected chi connectivity index (χ2v) is 6.19. The van der Waals surface area contributed by atoms with Crippen LogP contribution < -0.4 is 10.5 Å². The Morgan fingerprint density at radius 3 is 2.81 bits per heavy atom. The molecule has 1 aliphatic rings. The van der Waals surface area contributed by atoms with Crippen LogP contribution >= 0.6 is 0 Å². The van der Waals surface area contributed by atoms with Gasteiger partial charge in [0.15, 0.2) is 11.6 Å². The molecule has 2 aromatic rings. The molecule has 3 N–H and O–H groups in total. The van der Waals surface area contributed by atoms with Crippen LogP contribution in [0.4, 0.5) is 19.0 Å². The number of aliphatic hydroxyl groups is 1. The summed E-state index contributed by atoms with van der Waals surface area (Å²) in [7, 11) is 0. The van der Waals surface area contributed by atoms with Gasteiger partial charge in [-0.1, -0.05) is 6.08 Å². The maximum absolute atomic E-state index is 12.5. The number of nitrogens with two attached hydrogens (primary N) is 1. The van der Waals surface area contributed by atoms with E-state index >= 15 is 0 Å². The Hall–Kier alpha value is -2.55. The average Bonchev–Trinajstić information content (AvgIpc) is 3.33. The molecule has 0 saturated heterocycles. The van der Waals surface area contributed by atoms with E-state index in [1.165, 1.54) is 6.20 Å². The third-order valence-corrected chi connectivity index (χ3v) is 4.12. The molecule has 0 bridgehead atoms. The first-order valence-corrected chi connectivity index (χ1v) is 8.16. The first-order chi connectivity index (χ1) is 12.3. The predicted octanol–water partition coefficient (Wildman–Crippen LogP) is 3.45. The molecule has 2 aromatic heterocycles. The highest BCUT2D eigenvalue weighted by atomic mass is 19.4. The lowest BCUT2D eigenvalue weighted by Gasteiger charge is -2.11. The number of hydrogen-bond acceptors (Lipinski definition) is 5. The number of nitrogen functional groups attached to an aromatic ring is 1. The fourth-order valence-electron chi connectivity index (χ4n) is 2.64. The number of aryl methyl sites for hydroxylation is 1. The minimum absolute atomic E-state index is 0.168. The number of nitrogens with zero attached hydrogens (tertiary/aromatic N) is 3. The molecule has 1 unspecified atom stereocenters. The highest BCUT2D eigenvalue weighted by Gasteiger charge is 2.34. The molecular formula is C17H19F3N4O2. The molecule has 0 radical (unpaired) electrons. The summed E-state index contributed by atoms with van der Waals surface area (Å²) in [5, 5.41) is 10.4. The third-order valence-electron chi connectivity index (χ3n) is 4.12. The molecule has 0 aromatic carbocycles. The van der Waals surface area contributed by atoms with Crippen LogP contribution in [-0.4, -0.2) is 26.0 Å². The molecular weight excluding hydrogens is 349 g/mol. The van der Waals surface area contributed by atoms with Crippen molar-refractivity contribution in [1.29, 1.82) is 0 Å². The number of allylic oxidation sites excluding steroid dienone is 1. The van der Waals surface area contributed by atoms with Crippen LogP contribution in [0.15, 0.2) is 31.1 Å². The summed E-state index contributed by atoms with van der Waals surface area (Å²) >= 11 is 0. The molecule has 1 aliphatic carbocycles. The van der Waals surface area contributed by atoms with Gasteiger partial charge in [0.1, 0.15) is 11.9 Å². The molecule has 1 fully saturated rings. The van der Waals surface area contributed by atoms with Gasteiger partial charge < -0.3 is 20.1 Å². The van der Waals surface area contributed by atoms with Crippen molar-refractivity contribution in [3.8, 4) is 17.0 Å². The van der Waals surface area contributed by atoms with E-state index in [-0.39, 0.29) is 11.7 Å². The second kappa shape index (κ2) is 6.99. The van der Waals surface area contributed by atoms with Gasteiger partial charge in [-0.15, -0.1) is 19.8 Å². The van der Waals surface area contributed by atoms with E-state index in [1.807, 2.05) is 0 Å². The van der Waals surface area contributed by atoms with Crippen LogP contribution in [0.3, 0.4) is 0 Å². The maximum Gasteiger partial charge on any atom is 0.573 e. The van der Waals surface area contributed by atoms with E-state index < -0.39 is 18.2 Å². The van der Waals surface area contributed by atoms with Crippen LogP contribution in [0.5, 0.6) is 5.75 Å². The van der Waals surface area contributed by atoms with Gasteiger partial charge in [0.05, 0.1) is 5.69 Å². The first-order valence-electron chi connectivity index (χ1n) is 8.16. The van der Waals surface area contributed by atoms with Crippen molar-refractivity contribution in [2.24, 2.45) is 5.92 Å². The summed E-state index contributed by atoms with van der Waals surface area (Å²) in [4.78, 5) is 8.18. The Morgan fingerprint density at radius 2 is 2.19 bits per heavy atom. The molecule has 3 rings (SSSR count). The van der Waals surface area contributed by atoms with Gasteiger partial charge >= 0.3 is 6.36 Å². The zero-order chi connectivity index (χ0) is 18.9. The Morgan fingerprint density at radius 1 is 1.46 bits per heavy atom. The van der Waals surface area contributed by atoms with E-state index in [9.17, 15) is 18.3 Å². The van der Waals surface area contributed by atoms with E-state index in [1.54, 1.807) is 16.8 Å². The fraction of sp³-hybridized carbons (Fsp3) is 0.412. The van der Waals surface area contributed by atoms with E-state index in [4.69, 9.17) is 5.73 Å². The Bertz CT molecular complexity index is 800. The minimum atomic E-state index is -4.87. The van der Waals surface area contributed by atoms with Gasteiger partial charge in [0.2, 0.25) is 0 Å². The molecule has 0 spiro atoms. The summed E-state index contributed by atoms with van der Waals surface area (Å²) < 4.78 is 43.2. The summed E-state index contributed by atoms with van der Waals surface area (Å²) in [6.45, 7) is 4.23. The number of hydrogen-bond donors (Lipinski definition) is 2. The lowest BCUT2D eigenvalue weighted by molar-refractivity contribution is -0.274. The number of pyridine rings is 1. The van der Waals surface area contributed by atoms with Gasteiger partial charge in [-0.25, -0.2) is 9.97 Å².